The SMILES string of the molecule is COCc1cc(C(N)=O)ccc1F. The van der Waals surface area contributed by atoms with Gasteiger partial charge in [-0.1, -0.05) is 0 Å². The van der Waals surface area contributed by atoms with Crippen molar-refractivity contribution in [2.75, 3.05) is 7.11 Å². The number of carbonyl (C=O) groups excluding carboxylic acids is 1. The topological polar surface area (TPSA) is 52.3 Å². The molecule has 0 unspecified atom stereocenters. The van der Waals surface area contributed by atoms with Crippen LogP contribution in [-0.2, 0) is 11.3 Å². The van der Waals surface area contributed by atoms with Gasteiger partial charge in [-0.2, -0.15) is 0 Å². The summed E-state index contributed by atoms with van der Waals surface area (Å²) in [6.07, 6.45) is 0. The molecule has 1 rings (SSSR count). The largest absolute Gasteiger partial charge is 0.380 e. The molecule has 0 fully saturated rings. The van der Waals surface area contributed by atoms with Crippen LogP contribution in [0.1, 0.15) is 15.9 Å². The average molecular weight is 183 g/mol. The number of carbonyl (C=O) groups is 1. The summed E-state index contributed by atoms with van der Waals surface area (Å²) in [6, 6.07) is 3.94. The lowest BCUT2D eigenvalue weighted by molar-refractivity contribution is 0.1000. The van der Waals surface area contributed by atoms with Crippen LogP contribution < -0.4 is 5.73 Å². The van der Waals surface area contributed by atoms with E-state index in [-0.39, 0.29) is 12.2 Å². The minimum Gasteiger partial charge on any atom is -0.380 e. The molecule has 0 bridgehead atoms. The highest BCUT2D eigenvalue weighted by Gasteiger charge is 2.06. The van der Waals surface area contributed by atoms with Crippen LogP contribution in [0.3, 0.4) is 0 Å². The number of ether oxygens (including phenoxy) is 1. The smallest absolute Gasteiger partial charge is 0.248 e. The zero-order valence-electron chi connectivity index (χ0n) is 7.21. The molecule has 1 aromatic carbocycles. The zero-order chi connectivity index (χ0) is 9.84. The number of benzene rings is 1. The number of hydrogen-bond donors (Lipinski definition) is 1. The number of hydrogen-bond acceptors (Lipinski definition) is 2. The van der Waals surface area contributed by atoms with E-state index < -0.39 is 11.7 Å². The number of methoxy groups -OCH3 is 1. The molecule has 0 aromatic heterocycles. The summed E-state index contributed by atoms with van der Waals surface area (Å²) in [7, 11) is 1.45. The number of rotatable bonds is 3. The van der Waals surface area contributed by atoms with Crippen LogP contribution in [0.2, 0.25) is 0 Å². The summed E-state index contributed by atoms with van der Waals surface area (Å²) in [5.41, 5.74) is 5.64. The highest BCUT2D eigenvalue weighted by Crippen LogP contribution is 2.10. The first kappa shape index (κ1) is 9.67. The molecule has 2 N–H and O–H groups in total. The summed E-state index contributed by atoms with van der Waals surface area (Å²) in [5, 5.41) is 0. The zero-order valence-corrected chi connectivity index (χ0v) is 7.21. The second-order valence-corrected chi connectivity index (χ2v) is 2.60. The molecule has 1 amide bonds. The molecule has 0 saturated carbocycles. The first-order valence-corrected chi connectivity index (χ1v) is 3.72. The Balaban J connectivity index is 3.03. The van der Waals surface area contributed by atoms with Gasteiger partial charge in [0.1, 0.15) is 5.82 Å². The Morgan fingerprint density at radius 1 is 1.62 bits per heavy atom. The van der Waals surface area contributed by atoms with Crippen molar-refractivity contribution in [1.82, 2.24) is 0 Å². The Kier molecular flexibility index (Phi) is 2.97. The van der Waals surface area contributed by atoms with Gasteiger partial charge in [0.2, 0.25) is 5.91 Å². The monoisotopic (exact) mass is 183 g/mol. The van der Waals surface area contributed by atoms with Gasteiger partial charge >= 0.3 is 0 Å². The minimum absolute atomic E-state index is 0.132. The van der Waals surface area contributed by atoms with E-state index in [1.54, 1.807) is 0 Å². The summed E-state index contributed by atoms with van der Waals surface area (Å²) >= 11 is 0. The van der Waals surface area contributed by atoms with Crippen molar-refractivity contribution in [3.63, 3.8) is 0 Å². The summed E-state index contributed by atoms with van der Waals surface area (Å²) in [5.74, 6) is -0.968. The van der Waals surface area contributed by atoms with Crippen LogP contribution in [0.25, 0.3) is 0 Å². The van der Waals surface area contributed by atoms with E-state index in [4.69, 9.17) is 10.5 Å². The van der Waals surface area contributed by atoms with Crippen molar-refractivity contribution in [2.45, 2.75) is 6.61 Å². The van der Waals surface area contributed by atoms with E-state index in [1.165, 1.54) is 25.3 Å². The highest BCUT2D eigenvalue weighted by atomic mass is 19.1. The third-order valence-corrected chi connectivity index (χ3v) is 1.63. The molecule has 1 aromatic rings. The predicted octanol–water partition coefficient (Wildman–Crippen LogP) is 1.07. The molecule has 0 aliphatic rings. The molecule has 0 spiro atoms. The fourth-order valence-corrected chi connectivity index (χ4v) is 0.994. The van der Waals surface area contributed by atoms with E-state index in [0.717, 1.165) is 0 Å². The summed E-state index contributed by atoms with van der Waals surface area (Å²) in [6.45, 7) is 0.132. The molecule has 4 heteroatoms. The fraction of sp³-hybridized carbons (Fsp3) is 0.222. The first-order chi connectivity index (χ1) is 6.15. The second-order valence-electron chi connectivity index (χ2n) is 2.60. The molecular formula is C9H10FNO2. The quantitative estimate of drug-likeness (QED) is 0.762. The van der Waals surface area contributed by atoms with Crippen molar-refractivity contribution < 1.29 is 13.9 Å². The molecule has 0 radical (unpaired) electrons. The molecule has 13 heavy (non-hydrogen) atoms. The van der Waals surface area contributed by atoms with Crippen LogP contribution in [0.15, 0.2) is 18.2 Å². The van der Waals surface area contributed by atoms with Crippen LogP contribution in [0.4, 0.5) is 4.39 Å². The Bertz CT molecular complexity index is 325. The van der Waals surface area contributed by atoms with Gasteiger partial charge in [0.25, 0.3) is 0 Å². The lowest BCUT2D eigenvalue weighted by Gasteiger charge is -2.03. The van der Waals surface area contributed by atoms with Gasteiger partial charge in [-0.15, -0.1) is 0 Å². The fourth-order valence-electron chi connectivity index (χ4n) is 0.994. The van der Waals surface area contributed by atoms with Crippen LogP contribution in [0, 0.1) is 5.82 Å². The Hall–Kier alpha value is -1.42. The number of amides is 1. The lowest BCUT2D eigenvalue weighted by atomic mass is 10.1. The van der Waals surface area contributed by atoms with E-state index >= 15 is 0 Å². The maximum atomic E-state index is 13.0. The molecule has 0 heterocycles. The Labute approximate surface area is 75.3 Å². The molecule has 0 aliphatic heterocycles. The van der Waals surface area contributed by atoms with E-state index in [9.17, 15) is 9.18 Å². The van der Waals surface area contributed by atoms with Crippen molar-refractivity contribution in [2.24, 2.45) is 5.73 Å². The average Bonchev–Trinajstić information content (AvgIpc) is 2.08. The van der Waals surface area contributed by atoms with Gasteiger partial charge in [0.15, 0.2) is 0 Å². The molecule has 3 nitrogen and oxygen atoms in total. The van der Waals surface area contributed by atoms with Crippen LogP contribution in [0.5, 0.6) is 0 Å². The molecule has 70 valence electrons. The van der Waals surface area contributed by atoms with E-state index in [2.05, 4.69) is 0 Å². The Morgan fingerprint density at radius 3 is 2.85 bits per heavy atom. The maximum Gasteiger partial charge on any atom is 0.248 e. The van der Waals surface area contributed by atoms with E-state index in [1.807, 2.05) is 0 Å². The molecule has 0 atom stereocenters. The van der Waals surface area contributed by atoms with E-state index in [0.29, 0.717) is 5.56 Å². The van der Waals surface area contributed by atoms with Crippen molar-refractivity contribution in [3.8, 4) is 0 Å². The third-order valence-electron chi connectivity index (χ3n) is 1.63. The highest BCUT2D eigenvalue weighted by molar-refractivity contribution is 5.92. The molecular weight excluding hydrogens is 173 g/mol. The van der Waals surface area contributed by atoms with Gasteiger partial charge in [-0.25, -0.2) is 4.39 Å². The number of primary amides is 1. The van der Waals surface area contributed by atoms with Crippen LogP contribution >= 0.6 is 0 Å². The van der Waals surface area contributed by atoms with Crippen molar-refractivity contribution in [1.29, 1.82) is 0 Å². The number of halogens is 1. The van der Waals surface area contributed by atoms with Gasteiger partial charge < -0.3 is 10.5 Å². The van der Waals surface area contributed by atoms with Gasteiger partial charge in [-0.05, 0) is 18.2 Å². The predicted molar refractivity (Wildman–Crippen MR) is 45.6 cm³/mol. The summed E-state index contributed by atoms with van der Waals surface area (Å²) < 4.78 is 17.7. The van der Waals surface area contributed by atoms with Crippen LogP contribution in [-0.4, -0.2) is 13.0 Å². The van der Waals surface area contributed by atoms with Gasteiger partial charge in [-0.3, -0.25) is 4.79 Å². The second kappa shape index (κ2) is 4.00. The number of nitrogens with two attached hydrogens (primary N) is 1. The normalized spacial score (nSPS) is 10.0. The lowest BCUT2D eigenvalue weighted by Crippen LogP contribution is -2.11. The maximum absolute atomic E-state index is 13.0. The summed E-state index contributed by atoms with van der Waals surface area (Å²) in [4.78, 5) is 10.7. The third kappa shape index (κ3) is 2.26. The first-order valence-electron chi connectivity index (χ1n) is 3.72. The van der Waals surface area contributed by atoms with Crippen molar-refractivity contribution >= 4 is 5.91 Å². The molecule has 0 saturated heterocycles. The Morgan fingerprint density at radius 2 is 2.31 bits per heavy atom. The molecule has 0 aliphatic carbocycles. The minimum atomic E-state index is -0.572. The standard InChI is InChI=1S/C9H10FNO2/c1-13-5-7-4-6(9(11)12)2-3-8(7)10/h2-4H,5H2,1H3,(H2,11,12). The van der Waals surface area contributed by atoms with Gasteiger partial charge in [0.05, 0.1) is 6.61 Å². The van der Waals surface area contributed by atoms with Gasteiger partial charge in [0, 0.05) is 18.2 Å². The van der Waals surface area contributed by atoms with Crippen molar-refractivity contribution in [3.05, 3.63) is 35.1 Å².